The van der Waals surface area contributed by atoms with E-state index in [4.69, 9.17) is 9.15 Å². The zero-order valence-corrected chi connectivity index (χ0v) is 11.9. The largest absolute Gasteiger partial charge is 0.448 e. The molecule has 3 rings (SSSR count). The molecule has 0 radical (unpaired) electrons. The molecule has 1 aromatic carbocycles. The molecule has 0 bridgehead atoms. The number of amides is 1. The first-order valence-corrected chi connectivity index (χ1v) is 6.78. The number of nitrogens with zero attached hydrogens (tertiary/aromatic N) is 1. The van der Waals surface area contributed by atoms with Crippen molar-refractivity contribution in [3.8, 4) is 0 Å². The van der Waals surface area contributed by atoms with Crippen molar-refractivity contribution in [3.05, 3.63) is 35.8 Å². The molecule has 0 aliphatic carbocycles. The van der Waals surface area contributed by atoms with E-state index in [9.17, 15) is 9.18 Å². The number of hydrogen-bond donors (Lipinski definition) is 1. The fourth-order valence-electron chi connectivity index (χ4n) is 2.72. The van der Waals surface area contributed by atoms with Crippen LogP contribution < -0.4 is 5.32 Å². The zero-order valence-electron chi connectivity index (χ0n) is 11.9. The van der Waals surface area contributed by atoms with Crippen LogP contribution in [-0.4, -0.2) is 50.2 Å². The Balaban J connectivity index is 1.79. The molecule has 21 heavy (non-hydrogen) atoms. The summed E-state index contributed by atoms with van der Waals surface area (Å²) in [5, 5.41) is 3.46. The zero-order chi connectivity index (χ0) is 15.0. The number of carbonyl (C=O) groups is 1. The lowest BCUT2D eigenvalue weighted by Crippen LogP contribution is -2.43. The molecule has 2 aromatic rings. The fourth-order valence-corrected chi connectivity index (χ4v) is 2.72. The first kappa shape index (κ1) is 14.0. The Bertz CT molecular complexity index is 670. The molecule has 2 atom stereocenters. The number of likely N-dealkylation sites (tertiary alicyclic amines) is 1. The van der Waals surface area contributed by atoms with E-state index in [1.165, 1.54) is 6.07 Å². The highest BCUT2D eigenvalue weighted by Crippen LogP contribution is 2.22. The van der Waals surface area contributed by atoms with Gasteiger partial charge in [-0.05, 0) is 19.2 Å². The molecule has 2 heterocycles. The summed E-state index contributed by atoms with van der Waals surface area (Å²) >= 11 is 0. The maximum absolute atomic E-state index is 13.6. The molecule has 112 valence electrons. The molecule has 6 heteroatoms. The van der Waals surface area contributed by atoms with Gasteiger partial charge in [-0.1, -0.05) is 12.1 Å². The molecule has 5 nitrogen and oxygen atoms in total. The smallest absolute Gasteiger partial charge is 0.287 e. The molecular weight excluding hydrogens is 275 g/mol. The summed E-state index contributed by atoms with van der Waals surface area (Å²) in [6.07, 6.45) is -0.0555. The Kier molecular flexibility index (Phi) is 3.65. The van der Waals surface area contributed by atoms with Gasteiger partial charge in [0.1, 0.15) is 0 Å². The number of methoxy groups -OCH3 is 1. The third-order valence-electron chi connectivity index (χ3n) is 3.79. The quantitative estimate of drug-likeness (QED) is 0.934. The number of ether oxygens (including phenoxy) is 1. The maximum atomic E-state index is 13.6. The molecule has 1 N–H and O–H groups in total. The van der Waals surface area contributed by atoms with Crippen LogP contribution in [0.1, 0.15) is 10.6 Å². The second kappa shape index (κ2) is 5.46. The van der Waals surface area contributed by atoms with Crippen LogP contribution in [0.25, 0.3) is 11.0 Å². The number of likely N-dealkylation sites (N-methyl/N-ethyl adjacent to an activating group) is 1. The summed E-state index contributed by atoms with van der Waals surface area (Å²) in [7, 11) is 3.59. The summed E-state index contributed by atoms with van der Waals surface area (Å²) < 4.78 is 24.3. The molecule has 1 saturated heterocycles. The topological polar surface area (TPSA) is 54.7 Å². The van der Waals surface area contributed by atoms with Crippen molar-refractivity contribution in [2.24, 2.45) is 0 Å². The van der Waals surface area contributed by atoms with Gasteiger partial charge in [0, 0.05) is 25.6 Å². The fraction of sp³-hybridized carbons (Fsp3) is 0.400. The number of benzene rings is 1. The highest BCUT2D eigenvalue weighted by molar-refractivity contribution is 5.96. The summed E-state index contributed by atoms with van der Waals surface area (Å²) in [5.41, 5.74) is 0.106. The van der Waals surface area contributed by atoms with Gasteiger partial charge in [0.25, 0.3) is 5.91 Å². The van der Waals surface area contributed by atoms with Crippen molar-refractivity contribution in [1.82, 2.24) is 10.2 Å². The van der Waals surface area contributed by atoms with Crippen molar-refractivity contribution < 1.29 is 18.3 Å². The standard InChI is InChI=1S/C15H17FN2O3/c1-18-7-11(13(8-18)20-2)17-15(19)12-6-9-4-3-5-10(16)14(9)21-12/h3-6,11,13H,7-8H2,1-2H3,(H,17,19)/t11-,13-/m0/s1. The molecule has 1 aliphatic rings. The van der Waals surface area contributed by atoms with Crippen molar-refractivity contribution in [3.63, 3.8) is 0 Å². The van der Waals surface area contributed by atoms with Crippen LogP contribution >= 0.6 is 0 Å². The molecular formula is C15H17FN2O3. The van der Waals surface area contributed by atoms with Crippen LogP contribution in [0.15, 0.2) is 28.7 Å². The van der Waals surface area contributed by atoms with Gasteiger partial charge in [0.2, 0.25) is 0 Å². The van der Waals surface area contributed by atoms with Crippen molar-refractivity contribution >= 4 is 16.9 Å². The van der Waals surface area contributed by atoms with E-state index in [-0.39, 0.29) is 29.4 Å². The van der Waals surface area contributed by atoms with E-state index in [0.717, 1.165) is 6.54 Å². The van der Waals surface area contributed by atoms with E-state index >= 15 is 0 Å². The molecule has 1 fully saturated rings. The first-order valence-electron chi connectivity index (χ1n) is 6.78. The van der Waals surface area contributed by atoms with Crippen molar-refractivity contribution in [1.29, 1.82) is 0 Å². The van der Waals surface area contributed by atoms with Crippen LogP contribution in [-0.2, 0) is 4.74 Å². The summed E-state index contributed by atoms with van der Waals surface area (Å²) in [6.45, 7) is 1.47. The number of rotatable bonds is 3. The van der Waals surface area contributed by atoms with Crippen molar-refractivity contribution in [2.45, 2.75) is 12.1 Å². The minimum atomic E-state index is -0.470. The Morgan fingerprint density at radius 1 is 1.48 bits per heavy atom. The Hall–Kier alpha value is -1.92. The number of nitrogens with one attached hydrogen (secondary N) is 1. The summed E-state index contributed by atoms with van der Waals surface area (Å²) in [6, 6.07) is 6.04. The van der Waals surface area contributed by atoms with Crippen LogP contribution in [0.4, 0.5) is 4.39 Å². The van der Waals surface area contributed by atoms with Crippen LogP contribution in [0.3, 0.4) is 0 Å². The van der Waals surface area contributed by atoms with Crippen molar-refractivity contribution in [2.75, 3.05) is 27.2 Å². The molecule has 1 aliphatic heterocycles. The molecule has 0 saturated carbocycles. The molecule has 1 aromatic heterocycles. The Labute approximate surface area is 121 Å². The van der Waals surface area contributed by atoms with Gasteiger partial charge in [-0.2, -0.15) is 0 Å². The Morgan fingerprint density at radius 3 is 3.00 bits per heavy atom. The monoisotopic (exact) mass is 292 g/mol. The number of furan rings is 1. The lowest BCUT2D eigenvalue weighted by Gasteiger charge is -2.17. The second-order valence-corrected chi connectivity index (χ2v) is 5.34. The number of halogens is 1. The highest BCUT2D eigenvalue weighted by Gasteiger charge is 2.32. The SMILES string of the molecule is CO[C@H]1CN(C)C[C@@H]1NC(=O)c1cc2cccc(F)c2o1. The molecule has 0 unspecified atom stereocenters. The van der Waals surface area contributed by atoms with Gasteiger partial charge < -0.3 is 19.4 Å². The van der Waals surface area contributed by atoms with E-state index in [1.807, 2.05) is 7.05 Å². The number of carbonyl (C=O) groups excluding carboxylic acids is 1. The van der Waals surface area contributed by atoms with Crippen LogP contribution in [0.2, 0.25) is 0 Å². The number of para-hydroxylation sites is 1. The summed E-state index contributed by atoms with van der Waals surface area (Å²) in [4.78, 5) is 14.3. The van der Waals surface area contributed by atoms with Gasteiger partial charge >= 0.3 is 0 Å². The molecule has 0 spiro atoms. The third-order valence-corrected chi connectivity index (χ3v) is 3.79. The predicted molar refractivity (Wildman–Crippen MR) is 75.7 cm³/mol. The number of fused-ring (bicyclic) bond motifs is 1. The van der Waals surface area contributed by atoms with E-state index in [0.29, 0.717) is 11.9 Å². The maximum Gasteiger partial charge on any atom is 0.287 e. The first-order chi connectivity index (χ1) is 10.1. The Morgan fingerprint density at radius 2 is 2.29 bits per heavy atom. The minimum absolute atomic E-state index is 0.0555. The predicted octanol–water partition coefficient (Wildman–Crippen LogP) is 1.63. The third kappa shape index (κ3) is 2.64. The lowest BCUT2D eigenvalue weighted by atomic mass is 10.2. The second-order valence-electron chi connectivity index (χ2n) is 5.34. The van der Waals surface area contributed by atoms with Gasteiger partial charge in [-0.3, -0.25) is 4.79 Å². The van der Waals surface area contributed by atoms with Crippen LogP contribution in [0.5, 0.6) is 0 Å². The normalized spacial score (nSPS) is 22.8. The average Bonchev–Trinajstić information content (AvgIpc) is 3.03. The minimum Gasteiger partial charge on any atom is -0.448 e. The summed E-state index contributed by atoms with van der Waals surface area (Å²) in [5.74, 6) is -0.714. The number of hydrogen-bond acceptors (Lipinski definition) is 4. The van der Waals surface area contributed by atoms with Crippen LogP contribution in [0, 0.1) is 5.82 Å². The van der Waals surface area contributed by atoms with E-state index in [1.54, 1.807) is 25.3 Å². The lowest BCUT2D eigenvalue weighted by molar-refractivity contribution is 0.0749. The van der Waals surface area contributed by atoms with E-state index in [2.05, 4.69) is 10.2 Å². The molecule has 1 amide bonds. The van der Waals surface area contributed by atoms with Gasteiger partial charge in [-0.25, -0.2) is 4.39 Å². The van der Waals surface area contributed by atoms with Gasteiger partial charge in [0.05, 0.1) is 12.1 Å². The highest BCUT2D eigenvalue weighted by atomic mass is 19.1. The van der Waals surface area contributed by atoms with Gasteiger partial charge in [-0.15, -0.1) is 0 Å². The van der Waals surface area contributed by atoms with Gasteiger partial charge in [0.15, 0.2) is 17.2 Å². The van der Waals surface area contributed by atoms with E-state index < -0.39 is 5.82 Å². The average molecular weight is 292 g/mol.